The Hall–Kier alpha value is -1.72. The van der Waals surface area contributed by atoms with Gasteiger partial charge in [0.25, 0.3) is 0 Å². The number of aliphatic imine (C=N–C) groups is 1. The van der Waals surface area contributed by atoms with E-state index in [0.717, 1.165) is 25.8 Å². The monoisotopic (exact) mass is 542 g/mol. The zero-order valence-electron chi connectivity index (χ0n) is 17.3. The fraction of sp³-hybridized carbons (Fsp3) is 0.600. The first-order chi connectivity index (χ1) is 13.8. The maximum absolute atomic E-state index is 12.5. The average molecular weight is 542 g/mol. The van der Waals surface area contributed by atoms with Crippen molar-refractivity contribution >= 4 is 35.8 Å². The van der Waals surface area contributed by atoms with Gasteiger partial charge in [-0.3, -0.25) is 4.79 Å². The number of hydrogen-bond acceptors (Lipinski definition) is 3. The number of nitrogens with zero attached hydrogens (tertiary/aromatic N) is 2. The van der Waals surface area contributed by atoms with Gasteiger partial charge in [0.15, 0.2) is 5.96 Å². The van der Waals surface area contributed by atoms with E-state index in [1.807, 2.05) is 11.8 Å². The van der Waals surface area contributed by atoms with Gasteiger partial charge in [0.05, 0.1) is 6.54 Å². The van der Waals surface area contributed by atoms with Gasteiger partial charge in [-0.1, -0.05) is 18.2 Å². The van der Waals surface area contributed by atoms with Gasteiger partial charge in [-0.25, -0.2) is 4.99 Å². The summed E-state index contributed by atoms with van der Waals surface area (Å²) >= 11 is 0. The summed E-state index contributed by atoms with van der Waals surface area (Å²) < 4.78 is 41.7. The molecule has 1 fully saturated rings. The molecule has 1 heterocycles. The summed E-state index contributed by atoms with van der Waals surface area (Å²) in [7, 11) is 0. The lowest BCUT2D eigenvalue weighted by molar-refractivity contribution is -0.274. The molecule has 30 heavy (non-hydrogen) atoms. The number of guanidine groups is 1. The van der Waals surface area contributed by atoms with Crippen molar-refractivity contribution in [3.05, 3.63) is 29.8 Å². The van der Waals surface area contributed by atoms with Gasteiger partial charge in [-0.15, -0.1) is 37.1 Å². The number of hydrogen-bond donors (Lipinski definition) is 2. The third kappa shape index (κ3) is 8.97. The second kappa shape index (κ2) is 12.9. The lowest BCUT2D eigenvalue weighted by atomic mass is 10.0. The van der Waals surface area contributed by atoms with Crippen LogP contribution in [0.15, 0.2) is 29.3 Å². The molecule has 0 radical (unpaired) electrons. The Morgan fingerprint density at radius 2 is 2.00 bits per heavy atom. The minimum absolute atomic E-state index is 0. The van der Waals surface area contributed by atoms with Crippen molar-refractivity contribution < 1.29 is 22.7 Å². The first-order valence-electron chi connectivity index (χ1n) is 9.95. The molecule has 1 amide bonds. The van der Waals surface area contributed by atoms with Crippen LogP contribution in [0.3, 0.4) is 0 Å². The Kier molecular flexibility index (Phi) is 11.3. The topological polar surface area (TPSA) is 66.0 Å². The number of para-hydroxylation sites is 1. The molecule has 0 aromatic heterocycles. The van der Waals surface area contributed by atoms with Crippen LogP contribution < -0.4 is 15.4 Å². The van der Waals surface area contributed by atoms with E-state index in [9.17, 15) is 18.0 Å². The van der Waals surface area contributed by atoms with E-state index in [0.29, 0.717) is 31.0 Å². The number of likely N-dealkylation sites (tertiary alicyclic amines) is 1. The van der Waals surface area contributed by atoms with Crippen LogP contribution in [0.25, 0.3) is 0 Å². The standard InChI is InChI=1S/C20H29F3N4O2.HI/c1-3-24-19(25-12-11-18(28)27-13-7-6-8-15(27)2)26-14-16-9-4-5-10-17(16)29-20(21,22)23;/h4-5,9-10,15H,3,6-8,11-14H2,1-2H3,(H2,24,25,26);1H. The highest BCUT2D eigenvalue weighted by Gasteiger charge is 2.32. The number of nitrogens with one attached hydrogen (secondary N) is 2. The highest BCUT2D eigenvalue weighted by molar-refractivity contribution is 14.0. The molecule has 0 bridgehead atoms. The third-order valence-corrected chi connectivity index (χ3v) is 4.70. The van der Waals surface area contributed by atoms with E-state index in [2.05, 4.69) is 27.3 Å². The summed E-state index contributed by atoms with van der Waals surface area (Å²) in [6.07, 6.45) is -1.20. The molecule has 1 aliphatic rings. The predicted octanol–water partition coefficient (Wildman–Crippen LogP) is 4.05. The SMILES string of the molecule is CCNC(=NCc1ccccc1OC(F)(F)F)NCCC(=O)N1CCCCC1C.I. The quantitative estimate of drug-likeness (QED) is 0.310. The molecule has 0 saturated carbocycles. The molecule has 1 atom stereocenters. The summed E-state index contributed by atoms with van der Waals surface area (Å²) in [5.74, 6) is 0.270. The minimum atomic E-state index is -4.76. The van der Waals surface area contributed by atoms with Crippen molar-refractivity contribution in [1.82, 2.24) is 15.5 Å². The number of carbonyl (C=O) groups excluding carboxylic acids is 1. The normalized spacial score (nSPS) is 17.2. The molecule has 1 aliphatic heterocycles. The van der Waals surface area contributed by atoms with Gasteiger partial charge in [-0.2, -0.15) is 0 Å². The third-order valence-electron chi connectivity index (χ3n) is 4.70. The lowest BCUT2D eigenvalue weighted by Gasteiger charge is -2.33. The van der Waals surface area contributed by atoms with Gasteiger partial charge in [0, 0.05) is 37.7 Å². The van der Waals surface area contributed by atoms with Crippen molar-refractivity contribution in [3.8, 4) is 5.75 Å². The molecule has 1 unspecified atom stereocenters. The van der Waals surface area contributed by atoms with E-state index < -0.39 is 6.36 Å². The van der Waals surface area contributed by atoms with E-state index >= 15 is 0 Å². The number of amides is 1. The van der Waals surface area contributed by atoms with Crippen LogP contribution in [0, 0.1) is 0 Å². The number of ether oxygens (including phenoxy) is 1. The molecule has 1 saturated heterocycles. The number of rotatable bonds is 7. The largest absolute Gasteiger partial charge is 0.573 e. The highest BCUT2D eigenvalue weighted by atomic mass is 127. The van der Waals surface area contributed by atoms with Crippen molar-refractivity contribution in [2.24, 2.45) is 4.99 Å². The van der Waals surface area contributed by atoms with Crippen LogP contribution >= 0.6 is 24.0 Å². The number of alkyl halides is 3. The average Bonchev–Trinajstić information content (AvgIpc) is 2.66. The molecule has 1 aromatic rings. The van der Waals surface area contributed by atoms with E-state index in [-0.39, 0.29) is 48.2 Å². The smallest absolute Gasteiger partial charge is 0.405 e. The molecule has 1 aromatic carbocycles. The Morgan fingerprint density at radius 3 is 2.67 bits per heavy atom. The molecule has 6 nitrogen and oxygen atoms in total. The number of halogens is 4. The van der Waals surface area contributed by atoms with Gasteiger partial charge < -0.3 is 20.3 Å². The predicted molar refractivity (Wildman–Crippen MR) is 121 cm³/mol. The second-order valence-electron chi connectivity index (χ2n) is 6.96. The van der Waals surface area contributed by atoms with Crippen LogP contribution in [0.5, 0.6) is 5.75 Å². The maximum atomic E-state index is 12.5. The number of piperidine rings is 1. The molecular formula is C20H30F3IN4O2. The molecule has 0 aliphatic carbocycles. The van der Waals surface area contributed by atoms with Gasteiger partial charge >= 0.3 is 6.36 Å². The Morgan fingerprint density at radius 1 is 1.27 bits per heavy atom. The Bertz CT molecular complexity index is 701. The molecule has 2 rings (SSSR count). The summed E-state index contributed by atoms with van der Waals surface area (Å²) in [6, 6.07) is 6.17. The number of benzene rings is 1. The first kappa shape index (κ1) is 26.3. The van der Waals surface area contributed by atoms with Crippen LogP contribution in [0.1, 0.15) is 45.1 Å². The summed E-state index contributed by atoms with van der Waals surface area (Å²) in [6.45, 7) is 5.75. The first-order valence-corrected chi connectivity index (χ1v) is 9.95. The van der Waals surface area contributed by atoms with E-state index in [1.54, 1.807) is 6.07 Å². The number of carbonyl (C=O) groups is 1. The van der Waals surface area contributed by atoms with Crippen molar-refractivity contribution in [3.63, 3.8) is 0 Å². The fourth-order valence-electron chi connectivity index (χ4n) is 3.26. The summed E-state index contributed by atoms with van der Waals surface area (Å²) in [5.41, 5.74) is 0.320. The summed E-state index contributed by atoms with van der Waals surface area (Å²) in [5, 5.41) is 6.11. The lowest BCUT2D eigenvalue weighted by Crippen LogP contribution is -2.44. The molecule has 170 valence electrons. The van der Waals surface area contributed by atoms with Crippen LogP contribution in [-0.4, -0.2) is 48.8 Å². The molecule has 2 N–H and O–H groups in total. The van der Waals surface area contributed by atoms with Crippen molar-refractivity contribution in [2.45, 2.75) is 58.5 Å². The minimum Gasteiger partial charge on any atom is -0.405 e. The molecule has 0 spiro atoms. The van der Waals surface area contributed by atoms with Gasteiger partial charge in [0.1, 0.15) is 5.75 Å². The zero-order valence-corrected chi connectivity index (χ0v) is 19.6. The van der Waals surface area contributed by atoms with Gasteiger partial charge in [-0.05, 0) is 39.2 Å². The van der Waals surface area contributed by atoms with Crippen LogP contribution in [-0.2, 0) is 11.3 Å². The highest BCUT2D eigenvalue weighted by Crippen LogP contribution is 2.26. The molecule has 10 heteroatoms. The molecular weight excluding hydrogens is 512 g/mol. The van der Waals surface area contributed by atoms with Crippen molar-refractivity contribution in [2.75, 3.05) is 19.6 Å². The second-order valence-corrected chi connectivity index (χ2v) is 6.96. The zero-order chi connectivity index (χ0) is 21.3. The summed E-state index contributed by atoms with van der Waals surface area (Å²) in [4.78, 5) is 18.6. The fourth-order valence-corrected chi connectivity index (χ4v) is 3.26. The van der Waals surface area contributed by atoms with Crippen LogP contribution in [0.2, 0.25) is 0 Å². The van der Waals surface area contributed by atoms with Crippen LogP contribution in [0.4, 0.5) is 13.2 Å². The van der Waals surface area contributed by atoms with E-state index in [1.165, 1.54) is 18.2 Å². The maximum Gasteiger partial charge on any atom is 0.573 e. The van der Waals surface area contributed by atoms with Gasteiger partial charge in [0.2, 0.25) is 5.91 Å². The van der Waals surface area contributed by atoms with E-state index in [4.69, 9.17) is 0 Å². The Balaban J connectivity index is 0.00000450. The van der Waals surface area contributed by atoms with Crippen molar-refractivity contribution in [1.29, 1.82) is 0 Å². The Labute approximate surface area is 192 Å².